The van der Waals surface area contributed by atoms with Gasteiger partial charge in [-0.25, -0.2) is 9.18 Å². The summed E-state index contributed by atoms with van der Waals surface area (Å²) in [6.45, 7) is 9.07. The Labute approximate surface area is 154 Å². The average molecular weight is 366 g/mol. The molecule has 0 spiro atoms. The second-order valence-electron chi connectivity index (χ2n) is 5.60. The lowest BCUT2D eigenvalue weighted by atomic mass is 10.1. The zero-order chi connectivity index (χ0) is 19.7. The molecule has 0 radical (unpaired) electrons. The molecule has 2 rings (SSSR count). The summed E-state index contributed by atoms with van der Waals surface area (Å²) in [5.41, 5.74) is 0.910. The molecule has 0 unspecified atom stereocenters. The first-order valence-corrected chi connectivity index (χ1v) is 8.88. The van der Waals surface area contributed by atoms with Crippen LogP contribution in [0.5, 0.6) is 5.75 Å². The van der Waals surface area contributed by atoms with E-state index in [2.05, 4.69) is 0 Å². The fourth-order valence-electron chi connectivity index (χ4n) is 2.39. The fraction of sp³-hybridized carbons (Fsp3) is 0.500. The Morgan fingerprint density at radius 3 is 2.50 bits per heavy atom. The number of benzene rings is 1. The second-order valence-corrected chi connectivity index (χ2v) is 5.60. The Kier molecular flexibility index (Phi) is 8.99. The Hall–Kier alpha value is -2.21. The fourth-order valence-corrected chi connectivity index (χ4v) is 2.39. The van der Waals surface area contributed by atoms with Gasteiger partial charge in [0.15, 0.2) is 17.3 Å². The summed E-state index contributed by atoms with van der Waals surface area (Å²) in [7, 11) is 0. The van der Waals surface area contributed by atoms with Gasteiger partial charge >= 0.3 is 5.97 Å². The predicted molar refractivity (Wildman–Crippen MR) is 97.2 cm³/mol. The summed E-state index contributed by atoms with van der Waals surface area (Å²) in [4.78, 5) is 22.8. The van der Waals surface area contributed by atoms with Gasteiger partial charge in [0.05, 0.1) is 6.61 Å². The van der Waals surface area contributed by atoms with Crippen LogP contribution in [0.3, 0.4) is 0 Å². The van der Waals surface area contributed by atoms with Crippen molar-refractivity contribution in [3.8, 4) is 5.75 Å². The molecular formula is C20H27FO5. The van der Waals surface area contributed by atoms with E-state index in [1.807, 2.05) is 13.8 Å². The van der Waals surface area contributed by atoms with Crippen molar-refractivity contribution in [2.75, 3.05) is 6.61 Å². The molecule has 0 amide bonds. The van der Waals surface area contributed by atoms with Crippen molar-refractivity contribution in [1.29, 1.82) is 0 Å². The van der Waals surface area contributed by atoms with Crippen molar-refractivity contribution >= 4 is 17.8 Å². The first-order valence-electron chi connectivity index (χ1n) is 8.88. The molecular weight excluding hydrogens is 339 g/mol. The molecule has 6 heteroatoms. The summed E-state index contributed by atoms with van der Waals surface area (Å²) in [5, 5.41) is 0. The Morgan fingerprint density at radius 2 is 1.96 bits per heavy atom. The molecule has 144 valence electrons. The Bertz CT molecular complexity index is 654. The highest BCUT2D eigenvalue weighted by Crippen LogP contribution is 2.27. The van der Waals surface area contributed by atoms with Gasteiger partial charge in [-0.05, 0) is 51.0 Å². The van der Waals surface area contributed by atoms with Crippen molar-refractivity contribution in [3.63, 3.8) is 0 Å². The monoisotopic (exact) mass is 366 g/mol. The van der Waals surface area contributed by atoms with E-state index in [-0.39, 0.29) is 18.1 Å². The standard InChI is InChI=1S/C18H21FO5.C2H6/c1-4-22-18(21)11(2)9-13-5-6-16(14(19)10-13)24-17-8-7-15(23-17)12(3)20;1-2/h5-6,9-10,15,17H,4,7-8H2,1-3H3;1-2H3/b11-9+;/t15-,17-;/m0./s1. The van der Waals surface area contributed by atoms with Crippen molar-refractivity contribution in [1.82, 2.24) is 0 Å². The predicted octanol–water partition coefficient (Wildman–Crippen LogP) is 4.29. The van der Waals surface area contributed by atoms with E-state index in [0.29, 0.717) is 24.0 Å². The smallest absolute Gasteiger partial charge is 0.333 e. The normalized spacial score (nSPS) is 19.4. The quantitative estimate of drug-likeness (QED) is 0.555. The highest BCUT2D eigenvalue weighted by Gasteiger charge is 2.30. The van der Waals surface area contributed by atoms with Gasteiger partial charge in [0.2, 0.25) is 6.29 Å². The number of ketones is 1. The van der Waals surface area contributed by atoms with E-state index in [1.165, 1.54) is 19.1 Å². The number of esters is 1. The van der Waals surface area contributed by atoms with Crippen LogP contribution in [-0.2, 0) is 19.1 Å². The van der Waals surface area contributed by atoms with Gasteiger partial charge in [-0.2, -0.15) is 0 Å². The summed E-state index contributed by atoms with van der Waals surface area (Å²) >= 11 is 0. The van der Waals surface area contributed by atoms with Crippen LogP contribution in [-0.4, -0.2) is 30.8 Å². The number of rotatable bonds is 6. The molecule has 1 fully saturated rings. The van der Waals surface area contributed by atoms with E-state index in [0.717, 1.165) is 0 Å². The summed E-state index contributed by atoms with van der Waals surface area (Å²) in [6, 6.07) is 4.39. The molecule has 26 heavy (non-hydrogen) atoms. The topological polar surface area (TPSA) is 61.8 Å². The zero-order valence-electron chi connectivity index (χ0n) is 16.0. The number of carbonyl (C=O) groups is 2. The molecule has 1 aromatic carbocycles. The van der Waals surface area contributed by atoms with Crippen LogP contribution in [0.2, 0.25) is 0 Å². The summed E-state index contributed by atoms with van der Waals surface area (Å²) in [5.74, 6) is -1.00. The van der Waals surface area contributed by atoms with Crippen LogP contribution in [0.1, 0.15) is 53.0 Å². The van der Waals surface area contributed by atoms with Crippen molar-refractivity contribution < 1.29 is 28.2 Å². The summed E-state index contributed by atoms with van der Waals surface area (Å²) < 4.78 is 29.9. The maximum absolute atomic E-state index is 14.2. The Morgan fingerprint density at radius 1 is 1.27 bits per heavy atom. The SMILES string of the molecule is CC.CCOC(=O)/C(C)=C/c1ccc(O[C@H]2CC[C@@H](C(C)=O)O2)c(F)c1. The molecule has 1 saturated heterocycles. The highest BCUT2D eigenvalue weighted by molar-refractivity contribution is 5.93. The third-order valence-electron chi connectivity index (χ3n) is 3.63. The zero-order valence-corrected chi connectivity index (χ0v) is 16.0. The van der Waals surface area contributed by atoms with Crippen LogP contribution >= 0.6 is 0 Å². The van der Waals surface area contributed by atoms with Crippen LogP contribution in [0.25, 0.3) is 6.08 Å². The second kappa shape index (κ2) is 10.7. The average Bonchev–Trinajstić information content (AvgIpc) is 3.08. The van der Waals surface area contributed by atoms with E-state index >= 15 is 0 Å². The molecule has 1 heterocycles. The van der Waals surface area contributed by atoms with Gasteiger partial charge in [-0.1, -0.05) is 19.9 Å². The van der Waals surface area contributed by atoms with Crippen molar-refractivity contribution in [2.45, 2.75) is 59.9 Å². The van der Waals surface area contributed by atoms with Crippen LogP contribution in [0.15, 0.2) is 23.8 Å². The van der Waals surface area contributed by atoms with Gasteiger partial charge < -0.3 is 14.2 Å². The third kappa shape index (κ3) is 6.26. The van der Waals surface area contributed by atoms with E-state index < -0.39 is 24.2 Å². The van der Waals surface area contributed by atoms with Crippen molar-refractivity contribution in [2.24, 2.45) is 0 Å². The first-order chi connectivity index (χ1) is 12.4. The maximum Gasteiger partial charge on any atom is 0.333 e. The van der Waals surface area contributed by atoms with Gasteiger partial charge in [0, 0.05) is 12.0 Å². The molecule has 1 aliphatic rings. The molecule has 5 nitrogen and oxygen atoms in total. The van der Waals surface area contributed by atoms with Gasteiger partial charge in [0.1, 0.15) is 6.10 Å². The minimum Gasteiger partial charge on any atom is -0.463 e. The largest absolute Gasteiger partial charge is 0.463 e. The number of carbonyl (C=O) groups excluding carboxylic acids is 2. The maximum atomic E-state index is 14.2. The van der Waals surface area contributed by atoms with Gasteiger partial charge in [-0.3, -0.25) is 4.79 Å². The van der Waals surface area contributed by atoms with Gasteiger partial charge in [-0.15, -0.1) is 0 Å². The molecule has 0 aliphatic carbocycles. The number of Topliss-reactive ketones (excluding diaryl/α,β-unsaturated/α-hetero) is 1. The molecule has 2 atom stereocenters. The molecule has 0 bridgehead atoms. The molecule has 1 aliphatic heterocycles. The van der Waals surface area contributed by atoms with Crippen LogP contribution in [0, 0.1) is 5.82 Å². The van der Waals surface area contributed by atoms with E-state index in [9.17, 15) is 14.0 Å². The summed E-state index contributed by atoms with van der Waals surface area (Å²) in [6.07, 6.45) is 1.54. The number of ether oxygens (including phenoxy) is 3. The van der Waals surface area contributed by atoms with Crippen molar-refractivity contribution in [3.05, 3.63) is 35.2 Å². The van der Waals surface area contributed by atoms with E-state index in [4.69, 9.17) is 14.2 Å². The van der Waals surface area contributed by atoms with Crippen LogP contribution in [0.4, 0.5) is 4.39 Å². The lowest BCUT2D eigenvalue weighted by molar-refractivity contribution is -0.138. The lowest BCUT2D eigenvalue weighted by Crippen LogP contribution is -2.21. The highest BCUT2D eigenvalue weighted by atomic mass is 19.1. The minimum absolute atomic E-state index is 0.0511. The van der Waals surface area contributed by atoms with Gasteiger partial charge in [0.25, 0.3) is 0 Å². The number of hydrogen-bond acceptors (Lipinski definition) is 5. The minimum atomic E-state index is -0.629. The first kappa shape index (κ1) is 21.8. The molecule has 0 N–H and O–H groups in total. The number of halogens is 1. The Balaban J connectivity index is 0.00000163. The van der Waals surface area contributed by atoms with Crippen LogP contribution < -0.4 is 4.74 Å². The molecule has 0 saturated carbocycles. The lowest BCUT2D eigenvalue weighted by Gasteiger charge is -2.15. The molecule has 0 aromatic heterocycles. The third-order valence-corrected chi connectivity index (χ3v) is 3.63. The molecule has 1 aromatic rings. The number of hydrogen-bond donors (Lipinski definition) is 0. The van der Waals surface area contributed by atoms with E-state index in [1.54, 1.807) is 26.0 Å².